The number of ether oxygens (including phenoxy) is 1. The molecule has 2 amide bonds. The smallest absolute Gasteiger partial charge is 0.287 e. The molecule has 0 spiro atoms. The predicted octanol–water partition coefficient (Wildman–Crippen LogP) is 4.18. The van der Waals surface area contributed by atoms with Crippen LogP contribution >= 0.6 is 0 Å². The van der Waals surface area contributed by atoms with E-state index in [0.717, 1.165) is 37.1 Å². The summed E-state index contributed by atoms with van der Waals surface area (Å²) in [5, 5.41) is 3.78. The van der Waals surface area contributed by atoms with Gasteiger partial charge < -0.3 is 19.4 Å². The molecule has 3 aromatic carbocycles. The Morgan fingerprint density at radius 1 is 0.878 bits per heavy atom. The molecule has 0 bridgehead atoms. The Hall–Kier alpha value is -4.30. The van der Waals surface area contributed by atoms with Gasteiger partial charge in [-0.3, -0.25) is 19.4 Å². The summed E-state index contributed by atoms with van der Waals surface area (Å²) in [6.45, 7) is 5.37. The molecule has 1 aromatic heterocycles. The Kier molecular flexibility index (Phi) is 10.3. The number of methoxy groups -OCH3 is 1. The van der Waals surface area contributed by atoms with Gasteiger partial charge in [0, 0.05) is 83.4 Å². The molecular weight excluding hydrogens is 649 g/mol. The van der Waals surface area contributed by atoms with Gasteiger partial charge in [-0.05, 0) is 72.5 Å². The standard InChI is InChI=1S/C36H42FN5O6S/c1-39(2)49(45,46)30-8-4-25(5-9-30)23-41-16-18-42(19-17-41)36(44)27-7-11-32-28(21-27)22-34(48-32)35(43)38-29-12-14-40(15-13-29)24-26-6-10-33(47-3)31(37)20-26/h4-11,20-22,29H,12-19,23-24H2,1-3H3,(H,38,43). The summed E-state index contributed by atoms with van der Waals surface area (Å²) < 4.78 is 50.8. The van der Waals surface area contributed by atoms with Crippen molar-refractivity contribution in [1.29, 1.82) is 0 Å². The minimum atomic E-state index is -3.47. The van der Waals surface area contributed by atoms with E-state index in [1.807, 2.05) is 23.1 Å². The number of likely N-dealkylation sites (tertiary alicyclic amines) is 1. The van der Waals surface area contributed by atoms with Crippen molar-refractivity contribution in [2.24, 2.45) is 0 Å². The van der Waals surface area contributed by atoms with Gasteiger partial charge in [0.1, 0.15) is 5.58 Å². The van der Waals surface area contributed by atoms with E-state index in [-0.39, 0.29) is 40.1 Å². The number of piperidine rings is 1. The lowest BCUT2D eigenvalue weighted by atomic mass is 10.0. The summed E-state index contributed by atoms with van der Waals surface area (Å²) in [6, 6.07) is 18.9. The normalized spacial score (nSPS) is 16.7. The molecule has 49 heavy (non-hydrogen) atoms. The number of carbonyl (C=O) groups excluding carboxylic acids is 2. The first-order chi connectivity index (χ1) is 23.5. The Bertz CT molecular complexity index is 1910. The van der Waals surface area contributed by atoms with Gasteiger partial charge in [0.2, 0.25) is 10.0 Å². The minimum Gasteiger partial charge on any atom is -0.494 e. The van der Waals surface area contributed by atoms with Gasteiger partial charge in [0.15, 0.2) is 17.3 Å². The second-order valence-electron chi connectivity index (χ2n) is 12.9. The molecule has 0 saturated carbocycles. The van der Waals surface area contributed by atoms with E-state index in [1.165, 1.54) is 31.6 Å². The molecule has 0 atom stereocenters. The van der Waals surface area contributed by atoms with Gasteiger partial charge in [-0.2, -0.15) is 0 Å². The predicted molar refractivity (Wildman–Crippen MR) is 183 cm³/mol. The molecule has 0 aliphatic carbocycles. The van der Waals surface area contributed by atoms with Gasteiger partial charge in [0.05, 0.1) is 12.0 Å². The number of hydrogen-bond acceptors (Lipinski definition) is 8. The number of nitrogens with one attached hydrogen (secondary N) is 1. The third-order valence-electron chi connectivity index (χ3n) is 9.30. The average molecular weight is 692 g/mol. The largest absolute Gasteiger partial charge is 0.494 e. The topological polar surface area (TPSA) is 116 Å². The quantitative estimate of drug-likeness (QED) is 0.264. The van der Waals surface area contributed by atoms with Crippen molar-refractivity contribution in [2.45, 2.75) is 36.9 Å². The molecular formula is C36H42FN5O6S. The van der Waals surface area contributed by atoms with Crippen molar-refractivity contribution in [3.8, 4) is 5.75 Å². The van der Waals surface area contributed by atoms with Gasteiger partial charge in [0.25, 0.3) is 11.8 Å². The zero-order chi connectivity index (χ0) is 34.7. The van der Waals surface area contributed by atoms with E-state index < -0.39 is 10.0 Å². The van der Waals surface area contributed by atoms with Crippen LogP contribution < -0.4 is 10.1 Å². The summed E-state index contributed by atoms with van der Waals surface area (Å²) in [6.07, 6.45) is 1.54. The van der Waals surface area contributed by atoms with Gasteiger partial charge in [-0.15, -0.1) is 0 Å². The molecule has 2 fully saturated rings. The minimum absolute atomic E-state index is 0.000968. The number of furan rings is 1. The number of piperazine rings is 1. The lowest BCUT2D eigenvalue weighted by Crippen LogP contribution is -2.48. The van der Waals surface area contributed by atoms with Gasteiger partial charge in [-0.25, -0.2) is 17.1 Å². The lowest BCUT2D eigenvalue weighted by molar-refractivity contribution is 0.0628. The average Bonchev–Trinajstić information content (AvgIpc) is 3.53. The van der Waals surface area contributed by atoms with Crippen LogP contribution in [0.3, 0.4) is 0 Å². The summed E-state index contributed by atoms with van der Waals surface area (Å²) in [7, 11) is 1.00. The van der Waals surface area contributed by atoms with Crippen LogP contribution in [-0.2, 0) is 23.1 Å². The van der Waals surface area contributed by atoms with E-state index >= 15 is 0 Å². The lowest BCUT2D eigenvalue weighted by Gasteiger charge is -2.34. The van der Waals surface area contributed by atoms with E-state index in [0.29, 0.717) is 55.8 Å². The molecule has 13 heteroatoms. The second kappa shape index (κ2) is 14.7. The Labute approximate surface area is 286 Å². The maximum Gasteiger partial charge on any atom is 0.287 e. The first-order valence-electron chi connectivity index (χ1n) is 16.4. The summed E-state index contributed by atoms with van der Waals surface area (Å²) in [5.41, 5.74) is 2.96. The van der Waals surface area contributed by atoms with Crippen LogP contribution in [-0.4, -0.2) is 106 Å². The van der Waals surface area contributed by atoms with Crippen LogP contribution in [0.4, 0.5) is 4.39 Å². The Morgan fingerprint density at radius 2 is 1.53 bits per heavy atom. The van der Waals surface area contributed by atoms with Crippen LogP contribution in [0, 0.1) is 5.82 Å². The first-order valence-corrected chi connectivity index (χ1v) is 17.9. The van der Waals surface area contributed by atoms with Crippen molar-refractivity contribution in [1.82, 2.24) is 24.3 Å². The number of nitrogens with zero attached hydrogens (tertiary/aromatic N) is 4. The van der Waals surface area contributed by atoms with Crippen molar-refractivity contribution in [3.63, 3.8) is 0 Å². The van der Waals surface area contributed by atoms with Crippen LogP contribution in [0.1, 0.15) is 44.9 Å². The van der Waals surface area contributed by atoms with Crippen LogP contribution in [0.25, 0.3) is 11.0 Å². The molecule has 0 radical (unpaired) electrons. The zero-order valence-electron chi connectivity index (χ0n) is 28.0. The number of benzene rings is 3. The number of fused-ring (bicyclic) bond motifs is 1. The van der Waals surface area contributed by atoms with Crippen molar-refractivity contribution in [2.75, 3.05) is 60.5 Å². The van der Waals surface area contributed by atoms with Crippen molar-refractivity contribution >= 4 is 32.8 Å². The molecule has 1 N–H and O–H groups in total. The second-order valence-corrected chi connectivity index (χ2v) is 15.0. The number of hydrogen-bond donors (Lipinski definition) is 1. The zero-order valence-corrected chi connectivity index (χ0v) is 28.8. The van der Waals surface area contributed by atoms with E-state index in [1.54, 1.807) is 42.5 Å². The third-order valence-corrected chi connectivity index (χ3v) is 11.1. The third kappa shape index (κ3) is 7.96. The number of amides is 2. The summed E-state index contributed by atoms with van der Waals surface area (Å²) in [4.78, 5) is 33.1. The first kappa shape index (κ1) is 34.6. The SMILES string of the molecule is COc1ccc(CN2CCC(NC(=O)c3cc4cc(C(=O)N5CCN(Cc6ccc(S(=O)(=O)N(C)C)cc6)CC5)ccc4o3)CC2)cc1F. The molecule has 2 aliphatic rings. The van der Waals surface area contributed by atoms with Crippen molar-refractivity contribution in [3.05, 3.63) is 95.0 Å². The van der Waals surface area contributed by atoms with E-state index in [4.69, 9.17) is 9.15 Å². The highest BCUT2D eigenvalue weighted by molar-refractivity contribution is 7.89. The molecule has 11 nitrogen and oxygen atoms in total. The highest BCUT2D eigenvalue weighted by Gasteiger charge is 2.25. The van der Waals surface area contributed by atoms with Gasteiger partial charge in [-0.1, -0.05) is 18.2 Å². The fourth-order valence-corrected chi connectivity index (χ4v) is 7.28. The molecule has 2 aliphatic heterocycles. The summed E-state index contributed by atoms with van der Waals surface area (Å²) >= 11 is 0. The highest BCUT2D eigenvalue weighted by atomic mass is 32.2. The number of halogens is 1. The molecule has 3 heterocycles. The van der Waals surface area contributed by atoms with Crippen LogP contribution in [0.5, 0.6) is 5.75 Å². The molecule has 0 unspecified atom stereocenters. The monoisotopic (exact) mass is 691 g/mol. The van der Waals surface area contributed by atoms with E-state index in [9.17, 15) is 22.4 Å². The number of carbonyl (C=O) groups is 2. The Balaban J connectivity index is 0.982. The fourth-order valence-electron chi connectivity index (χ4n) is 6.37. The number of rotatable bonds is 10. The van der Waals surface area contributed by atoms with Gasteiger partial charge >= 0.3 is 0 Å². The van der Waals surface area contributed by atoms with Crippen molar-refractivity contribution < 1.29 is 31.6 Å². The maximum absolute atomic E-state index is 14.1. The molecule has 6 rings (SSSR count). The number of sulfonamides is 1. The molecule has 2 saturated heterocycles. The van der Waals surface area contributed by atoms with Crippen LogP contribution in [0.2, 0.25) is 0 Å². The molecule has 4 aromatic rings. The highest BCUT2D eigenvalue weighted by Crippen LogP contribution is 2.24. The van der Waals surface area contributed by atoms with Crippen LogP contribution in [0.15, 0.2) is 76.0 Å². The maximum atomic E-state index is 14.1. The fraction of sp³-hybridized carbons (Fsp3) is 0.389. The Morgan fingerprint density at radius 3 is 2.18 bits per heavy atom. The molecule has 260 valence electrons. The summed E-state index contributed by atoms with van der Waals surface area (Å²) in [5.74, 6) is -0.300. The van der Waals surface area contributed by atoms with E-state index in [2.05, 4.69) is 15.1 Å².